The first-order valence-corrected chi connectivity index (χ1v) is 15.1. The molecule has 1 unspecified atom stereocenters. The number of rotatable bonds is 10. The highest BCUT2D eigenvalue weighted by Gasteiger charge is 2.51. The summed E-state index contributed by atoms with van der Waals surface area (Å²) in [4.78, 5) is 0. The van der Waals surface area contributed by atoms with Crippen molar-refractivity contribution in [2.75, 3.05) is 17.6 Å². The predicted molar refractivity (Wildman–Crippen MR) is 150 cm³/mol. The number of benzene rings is 1. The molecule has 37 heavy (non-hydrogen) atoms. The number of hydrogen-bond donors (Lipinski definition) is 0. The van der Waals surface area contributed by atoms with Crippen molar-refractivity contribution in [3.05, 3.63) is 35.9 Å². The van der Waals surface area contributed by atoms with Gasteiger partial charge in [0.2, 0.25) is 0 Å². The van der Waals surface area contributed by atoms with Crippen LogP contribution in [-0.4, -0.2) is 65.0 Å². The van der Waals surface area contributed by atoms with Crippen molar-refractivity contribution in [2.24, 2.45) is 0 Å². The molecule has 0 amide bonds. The fourth-order valence-electron chi connectivity index (χ4n) is 5.94. The SMILES string of the molecule is CC1(C)O[C@@H](CC2(C[C@@H]3C[C@@H](CCOCc4ccccc4)OC(C)(C)O3)COC(C)(C)O2)C[C@H](CI)O1. The van der Waals surface area contributed by atoms with E-state index in [0.29, 0.717) is 19.8 Å². The van der Waals surface area contributed by atoms with Gasteiger partial charge >= 0.3 is 0 Å². The van der Waals surface area contributed by atoms with Gasteiger partial charge in [0.25, 0.3) is 0 Å². The number of ether oxygens (including phenoxy) is 7. The molecule has 7 nitrogen and oxygen atoms in total. The highest BCUT2D eigenvalue weighted by atomic mass is 127. The minimum absolute atomic E-state index is 0.0198. The smallest absolute Gasteiger partial charge is 0.163 e. The molecular weight excluding hydrogens is 587 g/mol. The Bertz CT molecular complexity index is 861. The Morgan fingerprint density at radius 3 is 1.92 bits per heavy atom. The Hall–Kier alpha value is -0.330. The van der Waals surface area contributed by atoms with Crippen molar-refractivity contribution >= 4 is 22.6 Å². The fraction of sp³-hybridized carbons (Fsp3) is 0.793. The first-order chi connectivity index (χ1) is 17.4. The second-order valence-corrected chi connectivity index (χ2v) is 13.0. The van der Waals surface area contributed by atoms with Gasteiger partial charge in [-0.15, -0.1) is 0 Å². The summed E-state index contributed by atoms with van der Waals surface area (Å²) < 4.78 is 44.9. The average molecular weight is 633 g/mol. The third-order valence-corrected chi connectivity index (χ3v) is 8.05. The second-order valence-electron chi connectivity index (χ2n) is 12.1. The van der Waals surface area contributed by atoms with Crippen LogP contribution in [0.15, 0.2) is 30.3 Å². The lowest BCUT2D eigenvalue weighted by atomic mass is 9.86. The number of halogens is 1. The van der Waals surface area contributed by atoms with Gasteiger partial charge in [-0.2, -0.15) is 0 Å². The monoisotopic (exact) mass is 632 g/mol. The molecule has 3 fully saturated rings. The summed E-state index contributed by atoms with van der Waals surface area (Å²) in [7, 11) is 0. The van der Waals surface area contributed by atoms with E-state index in [9.17, 15) is 0 Å². The van der Waals surface area contributed by atoms with Gasteiger partial charge in [0.15, 0.2) is 17.4 Å². The number of hydrogen-bond acceptors (Lipinski definition) is 7. The quantitative estimate of drug-likeness (QED) is 0.174. The molecule has 5 atom stereocenters. The molecule has 3 aliphatic heterocycles. The lowest BCUT2D eigenvalue weighted by molar-refractivity contribution is -0.314. The zero-order chi connectivity index (χ0) is 26.7. The van der Waals surface area contributed by atoms with E-state index in [1.54, 1.807) is 0 Å². The Balaban J connectivity index is 1.39. The van der Waals surface area contributed by atoms with Crippen LogP contribution in [0.2, 0.25) is 0 Å². The normalized spacial score (nSPS) is 34.9. The van der Waals surface area contributed by atoms with Gasteiger partial charge in [-0.1, -0.05) is 52.9 Å². The maximum atomic E-state index is 6.64. The molecule has 4 rings (SSSR count). The molecule has 8 heteroatoms. The Labute approximate surface area is 236 Å². The van der Waals surface area contributed by atoms with Gasteiger partial charge in [0.1, 0.15) is 0 Å². The number of alkyl halides is 1. The van der Waals surface area contributed by atoms with E-state index in [0.717, 1.165) is 36.5 Å². The zero-order valence-corrected chi connectivity index (χ0v) is 25.5. The van der Waals surface area contributed by atoms with Gasteiger partial charge in [0.05, 0.1) is 43.2 Å². The Morgan fingerprint density at radius 2 is 1.35 bits per heavy atom. The largest absolute Gasteiger partial charge is 0.377 e. The third-order valence-electron chi connectivity index (χ3n) is 7.07. The van der Waals surface area contributed by atoms with Crippen LogP contribution < -0.4 is 0 Å². The van der Waals surface area contributed by atoms with Crippen molar-refractivity contribution in [3.8, 4) is 0 Å². The van der Waals surface area contributed by atoms with Gasteiger partial charge < -0.3 is 33.2 Å². The molecule has 0 bridgehead atoms. The Morgan fingerprint density at radius 1 is 0.784 bits per heavy atom. The third kappa shape index (κ3) is 8.83. The van der Waals surface area contributed by atoms with E-state index >= 15 is 0 Å². The van der Waals surface area contributed by atoms with Crippen LogP contribution in [0.3, 0.4) is 0 Å². The summed E-state index contributed by atoms with van der Waals surface area (Å²) in [6, 6.07) is 10.3. The van der Waals surface area contributed by atoms with Crippen molar-refractivity contribution in [3.63, 3.8) is 0 Å². The first kappa shape index (κ1) is 29.6. The van der Waals surface area contributed by atoms with Crippen LogP contribution in [0, 0.1) is 0 Å². The maximum absolute atomic E-state index is 6.64. The highest BCUT2D eigenvalue weighted by molar-refractivity contribution is 14.1. The minimum atomic E-state index is -0.674. The maximum Gasteiger partial charge on any atom is 0.163 e. The molecule has 3 saturated heterocycles. The van der Waals surface area contributed by atoms with Crippen LogP contribution >= 0.6 is 22.6 Å². The standard InChI is InChI=1S/C29H45IO7/c1-26(2)32-20-29(37-26,17-24-15-25(18-30)36-28(5,6)35-24)16-23-14-22(33-27(3,4)34-23)12-13-31-19-21-10-8-7-9-11-21/h7-11,22-25H,12-20H2,1-6H3/t22-,23+,24-,25-,29?/m1/s1. The molecule has 1 aromatic rings. The lowest BCUT2D eigenvalue weighted by Gasteiger charge is -2.46. The summed E-state index contributed by atoms with van der Waals surface area (Å²) in [6.45, 7) is 13.7. The molecule has 0 aliphatic carbocycles. The van der Waals surface area contributed by atoms with Crippen molar-refractivity contribution < 1.29 is 33.2 Å². The fourth-order valence-corrected chi connectivity index (χ4v) is 6.48. The van der Waals surface area contributed by atoms with Crippen LogP contribution in [0.1, 0.15) is 79.2 Å². The van der Waals surface area contributed by atoms with E-state index in [1.165, 1.54) is 5.56 Å². The molecule has 0 saturated carbocycles. The van der Waals surface area contributed by atoms with Crippen LogP contribution in [0.4, 0.5) is 0 Å². The van der Waals surface area contributed by atoms with E-state index in [2.05, 4.69) is 34.7 Å². The zero-order valence-electron chi connectivity index (χ0n) is 23.3. The topological polar surface area (TPSA) is 64.6 Å². The highest BCUT2D eigenvalue weighted by Crippen LogP contribution is 2.43. The minimum Gasteiger partial charge on any atom is -0.377 e. The van der Waals surface area contributed by atoms with Gasteiger partial charge in [-0.05, 0) is 53.5 Å². The van der Waals surface area contributed by atoms with E-state index < -0.39 is 23.0 Å². The molecule has 1 aromatic carbocycles. The molecule has 0 spiro atoms. The van der Waals surface area contributed by atoms with E-state index in [4.69, 9.17) is 33.2 Å². The summed E-state index contributed by atoms with van der Waals surface area (Å²) in [5.74, 6) is -1.93. The average Bonchev–Trinajstić information content (AvgIpc) is 3.08. The molecule has 210 valence electrons. The van der Waals surface area contributed by atoms with Crippen LogP contribution in [0.25, 0.3) is 0 Å². The summed E-state index contributed by atoms with van der Waals surface area (Å²) in [5, 5.41) is 0. The molecule has 3 heterocycles. The van der Waals surface area contributed by atoms with Crippen molar-refractivity contribution in [1.29, 1.82) is 0 Å². The summed E-state index contributed by atoms with van der Waals surface area (Å²) in [5.41, 5.74) is 0.684. The van der Waals surface area contributed by atoms with Crippen LogP contribution in [0.5, 0.6) is 0 Å². The molecule has 3 aliphatic rings. The Kier molecular flexibility index (Phi) is 9.65. The van der Waals surface area contributed by atoms with E-state index in [-0.39, 0.29) is 24.4 Å². The first-order valence-electron chi connectivity index (χ1n) is 13.6. The predicted octanol–water partition coefficient (Wildman–Crippen LogP) is 6.15. The molecule has 0 aromatic heterocycles. The molecule has 0 radical (unpaired) electrons. The van der Waals surface area contributed by atoms with Crippen LogP contribution in [-0.2, 0) is 39.8 Å². The summed E-state index contributed by atoms with van der Waals surface area (Å²) >= 11 is 2.39. The van der Waals surface area contributed by atoms with Crippen molar-refractivity contribution in [2.45, 2.75) is 128 Å². The van der Waals surface area contributed by atoms with E-state index in [1.807, 2.05) is 59.7 Å². The molecular formula is C29H45IO7. The van der Waals surface area contributed by atoms with Crippen molar-refractivity contribution in [1.82, 2.24) is 0 Å². The second kappa shape index (κ2) is 12.0. The lowest BCUT2D eigenvalue weighted by Crippen LogP contribution is -2.52. The molecule has 0 N–H and O–H groups in total. The summed E-state index contributed by atoms with van der Waals surface area (Å²) in [6.07, 6.45) is 4.15. The van der Waals surface area contributed by atoms with Gasteiger partial charge in [-0.25, -0.2) is 0 Å². The van der Waals surface area contributed by atoms with Gasteiger partial charge in [-0.3, -0.25) is 0 Å². The van der Waals surface area contributed by atoms with Gasteiger partial charge in [0, 0.05) is 36.7 Å².